The zero-order chi connectivity index (χ0) is 9.52. The number of morpholine rings is 1. The van der Waals surface area contributed by atoms with Crippen LogP contribution in [0.1, 0.15) is 26.7 Å². The maximum Gasteiger partial charge on any atom is 0.0620 e. The van der Waals surface area contributed by atoms with Gasteiger partial charge in [-0.3, -0.25) is 0 Å². The van der Waals surface area contributed by atoms with E-state index in [4.69, 9.17) is 4.74 Å². The van der Waals surface area contributed by atoms with Crippen molar-refractivity contribution in [1.29, 1.82) is 0 Å². The first-order valence-electron chi connectivity index (χ1n) is 5.37. The van der Waals surface area contributed by atoms with Crippen molar-refractivity contribution in [2.75, 3.05) is 26.3 Å². The van der Waals surface area contributed by atoms with Gasteiger partial charge >= 0.3 is 0 Å². The van der Waals surface area contributed by atoms with Crippen LogP contribution in [0.3, 0.4) is 0 Å². The molecular weight excluding hydrogens is 164 g/mol. The second-order valence-electron chi connectivity index (χ2n) is 3.78. The normalized spacial score (nSPS) is 25.8. The monoisotopic (exact) mass is 186 g/mol. The van der Waals surface area contributed by atoms with E-state index in [1.807, 2.05) is 0 Å². The highest BCUT2D eigenvalue weighted by Gasteiger charge is 2.12. The Balaban J connectivity index is 1.98. The summed E-state index contributed by atoms with van der Waals surface area (Å²) in [4.78, 5) is 0. The second kappa shape index (κ2) is 6.35. The smallest absolute Gasteiger partial charge is 0.0620 e. The van der Waals surface area contributed by atoms with Crippen LogP contribution in [0.4, 0.5) is 0 Å². The van der Waals surface area contributed by atoms with Crippen molar-refractivity contribution in [1.82, 2.24) is 10.6 Å². The van der Waals surface area contributed by atoms with E-state index in [0.717, 1.165) is 26.3 Å². The Morgan fingerprint density at radius 2 is 2.46 bits per heavy atom. The van der Waals surface area contributed by atoms with E-state index in [9.17, 15) is 0 Å². The van der Waals surface area contributed by atoms with Gasteiger partial charge in [0.2, 0.25) is 0 Å². The summed E-state index contributed by atoms with van der Waals surface area (Å²) in [6, 6.07) is 1.20. The third kappa shape index (κ3) is 4.60. The van der Waals surface area contributed by atoms with E-state index in [1.54, 1.807) is 0 Å². The van der Waals surface area contributed by atoms with Crippen LogP contribution in [0.25, 0.3) is 0 Å². The molecule has 2 N–H and O–H groups in total. The van der Waals surface area contributed by atoms with E-state index in [1.165, 1.54) is 12.8 Å². The SMILES string of the molecule is CCC(C)NCCC1COCCN1. The van der Waals surface area contributed by atoms with Gasteiger partial charge in [-0.05, 0) is 26.3 Å². The summed E-state index contributed by atoms with van der Waals surface area (Å²) in [5.41, 5.74) is 0. The Labute approximate surface area is 81.2 Å². The quantitative estimate of drug-likeness (QED) is 0.665. The van der Waals surface area contributed by atoms with Gasteiger partial charge in [0.1, 0.15) is 0 Å². The number of hydrogen-bond acceptors (Lipinski definition) is 3. The van der Waals surface area contributed by atoms with Crippen LogP contribution in [-0.4, -0.2) is 38.4 Å². The molecule has 2 atom stereocenters. The molecule has 13 heavy (non-hydrogen) atoms. The summed E-state index contributed by atoms with van der Waals surface area (Å²) in [5.74, 6) is 0. The first kappa shape index (κ1) is 11.0. The van der Waals surface area contributed by atoms with E-state index >= 15 is 0 Å². The Bertz CT molecular complexity index is 124. The van der Waals surface area contributed by atoms with Gasteiger partial charge in [0.25, 0.3) is 0 Å². The van der Waals surface area contributed by atoms with Crippen LogP contribution in [0.2, 0.25) is 0 Å². The van der Waals surface area contributed by atoms with Crippen molar-refractivity contribution >= 4 is 0 Å². The van der Waals surface area contributed by atoms with E-state index < -0.39 is 0 Å². The molecule has 0 saturated carbocycles. The maximum absolute atomic E-state index is 5.38. The molecule has 1 aliphatic rings. The number of ether oxygens (including phenoxy) is 1. The first-order valence-corrected chi connectivity index (χ1v) is 5.37. The minimum absolute atomic E-state index is 0.560. The average Bonchev–Trinajstić information content (AvgIpc) is 2.19. The molecule has 0 aromatic rings. The van der Waals surface area contributed by atoms with Crippen LogP contribution < -0.4 is 10.6 Å². The predicted molar refractivity (Wildman–Crippen MR) is 55.0 cm³/mol. The molecule has 78 valence electrons. The molecule has 0 amide bonds. The molecule has 1 rings (SSSR count). The van der Waals surface area contributed by atoms with Gasteiger partial charge in [0.15, 0.2) is 0 Å². The lowest BCUT2D eigenvalue weighted by molar-refractivity contribution is 0.0740. The minimum atomic E-state index is 0.560. The molecule has 0 bridgehead atoms. The minimum Gasteiger partial charge on any atom is -0.379 e. The van der Waals surface area contributed by atoms with Crippen molar-refractivity contribution in [3.05, 3.63) is 0 Å². The van der Waals surface area contributed by atoms with Gasteiger partial charge in [-0.25, -0.2) is 0 Å². The van der Waals surface area contributed by atoms with Crippen LogP contribution in [0.5, 0.6) is 0 Å². The largest absolute Gasteiger partial charge is 0.379 e. The molecule has 1 saturated heterocycles. The third-order valence-electron chi connectivity index (χ3n) is 2.60. The van der Waals surface area contributed by atoms with Crippen molar-refractivity contribution in [2.24, 2.45) is 0 Å². The number of rotatable bonds is 5. The van der Waals surface area contributed by atoms with E-state index in [2.05, 4.69) is 24.5 Å². The summed E-state index contributed by atoms with van der Waals surface area (Å²) in [7, 11) is 0. The first-order chi connectivity index (χ1) is 6.33. The molecule has 2 unspecified atom stereocenters. The molecule has 0 aromatic carbocycles. The summed E-state index contributed by atoms with van der Waals surface area (Å²) in [6.45, 7) is 8.28. The Morgan fingerprint density at radius 1 is 1.62 bits per heavy atom. The van der Waals surface area contributed by atoms with Crippen LogP contribution in [0, 0.1) is 0 Å². The zero-order valence-corrected chi connectivity index (χ0v) is 8.81. The van der Waals surface area contributed by atoms with E-state index in [-0.39, 0.29) is 0 Å². The van der Waals surface area contributed by atoms with Gasteiger partial charge in [-0.15, -0.1) is 0 Å². The van der Waals surface area contributed by atoms with Gasteiger partial charge in [-0.2, -0.15) is 0 Å². The average molecular weight is 186 g/mol. The van der Waals surface area contributed by atoms with Crippen molar-refractivity contribution in [3.8, 4) is 0 Å². The topological polar surface area (TPSA) is 33.3 Å². The molecule has 3 heteroatoms. The Kier molecular flexibility index (Phi) is 5.35. The Hall–Kier alpha value is -0.120. The zero-order valence-electron chi connectivity index (χ0n) is 8.81. The highest BCUT2D eigenvalue weighted by Crippen LogP contribution is 1.97. The lowest BCUT2D eigenvalue weighted by atomic mass is 10.2. The summed E-state index contributed by atoms with van der Waals surface area (Å²) in [5, 5.41) is 6.93. The van der Waals surface area contributed by atoms with Crippen LogP contribution >= 0.6 is 0 Å². The Morgan fingerprint density at radius 3 is 3.08 bits per heavy atom. The van der Waals surface area contributed by atoms with E-state index in [0.29, 0.717) is 12.1 Å². The molecular formula is C10H22N2O. The predicted octanol–water partition coefficient (Wildman–Crippen LogP) is 0.753. The fourth-order valence-corrected chi connectivity index (χ4v) is 1.45. The molecule has 0 radical (unpaired) electrons. The maximum atomic E-state index is 5.38. The van der Waals surface area contributed by atoms with Crippen molar-refractivity contribution in [3.63, 3.8) is 0 Å². The molecule has 1 heterocycles. The molecule has 3 nitrogen and oxygen atoms in total. The number of hydrogen-bond donors (Lipinski definition) is 2. The van der Waals surface area contributed by atoms with Gasteiger partial charge in [-0.1, -0.05) is 6.92 Å². The standard InChI is InChI=1S/C10H22N2O/c1-3-9(2)11-5-4-10-8-13-7-6-12-10/h9-12H,3-8H2,1-2H3. The fourth-order valence-electron chi connectivity index (χ4n) is 1.45. The molecule has 1 aliphatic heterocycles. The van der Waals surface area contributed by atoms with Crippen LogP contribution in [-0.2, 0) is 4.74 Å². The van der Waals surface area contributed by atoms with Crippen molar-refractivity contribution < 1.29 is 4.74 Å². The molecule has 0 aromatic heterocycles. The molecule has 1 fully saturated rings. The highest BCUT2D eigenvalue weighted by molar-refractivity contribution is 4.71. The van der Waals surface area contributed by atoms with Gasteiger partial charge in [0.05, 0.1) is 13.2 Å². The molecule has 0 aliphatic carbocycles. The van der Waals surface area contributed by atoms with Gasteiger partial charge < -0.3 is 15.4 Å². The lowest BCUT2D eigenvalue weighted by Gasteiger charge is -2.24. The second-order valence-corrected chi connectivity index (χ2v) is 3.78. The third-order valence-corrected chi connectivity index (χ3v) is 2.60. The summed E-state index contributed by atoms with van der Waals surface area (Å²) in [6.07, 6.45) is 2.37. The lowest BCUT2D eigenvalue weighted by Crippen LogP contribution is -2.43. The van der Waals surface area contributed by atoms with Crippen molar-refractivity contribution in [2.45, 2.75) is 38.8 Å². The highest BCUT2D eigenvalue weighted by atomic mass is 16.5. The van der Waals surface area contributed by atoms with Crippen LogP contribution in [0.15, 0.2) is 0 Å². The molecule has 0 spiro atoms. The summed E-state index contributed by atoms with van der Waals surface area (Å²) < 4.78 is 5.38. The summed E-state index contributed by atoms with van der Waals surface area (Å²) >= 11 is 0. The van der Waals surface area contributed by atoms with Gasteiger partial charge in [0, 0.05) is 18.6 Å². The number of nitrogens with one attached hydrogen (secondary N) is 2. The fraction of sp³-hybridized carbons (Fsp3) is 1.00.